The van der Waals surface area contributed by atoms with Gasteiger partial charge in [0.2, 0.25) is 0 Å². The van der Waals surface area contributed by atoms with Crippen LogP contribution >= 0.6 is 0 Å². The van der Waals surface area contributed by atoms with Crippen LogP contribution in [-0.2, 0) is 13.0 Å². The highest BCUT2D eigenvalue weighted by Crippen LogP contribution is 2.41. The lowest BCUT2D eigenvalue weighted by molar-refractivity contribution is -0.0117. The van der Waals surface area contributed by atoms with E-state index in [0.717, 1.165) is 18.4 Å². The van der Waals surface area contributed by atoms with Crippen molar-refractivity contribution in [2.24, 2.45) is 11.6 Å². The van der Waals surface area contributed by atoms with Crippen molar-refractivity contribution < 1.29 is 8.78 Å². The number of pyridine rings is 2. The lowest BCUT2D eigenvalue weighted by atomic mass is 10.0. The summed E-state index contributed by atoms with van der Waals surface area (Å²) < 4.78 is 29.6. The van der Waals surface area contributed by atoms with Crippen LogP contribution in [0, 0.1) is 6.92 Å². The second-order valence-corrected chi connectivity index (χ2v) is 9.52. The zero-order chi connectivity index (χ0) is 24.6. The first kappa shape index (κ1) is 24.2. The van der Waals surface area contributed by atoms with E-state index in [9.17, 15) is 13.6 Å². The molecule has 0 atom stereocenters. The summed E-state index contributed by atoms with van der Waals surface area (Å²) in [5, 5.41) is 1.41. The Kier molecular flexibility index (Phi) is 6.66. The predicted octanol–water partition coefficient (Wildman–Crippen LogP) is 3.36. The summed E-state index contributed by atoms with van der Waals surface area (Å²) in [7, 11) is 1.67. The number of hydrogen-bond donors (Lipinski definition) is 2. The number of nitrogens with zero attached hydrogens (tertiary/aromatic N) is 4. The number of nitrogens with two attached hydrogens (primary N) is 2. The molecule has 1 saturated carbocycles. The molecule has 3 heterocycles. The van der Waals surface area contributed by atoms with Crippen molar-refractivity contribution in [3.05, 3.63) is 63.0 Å². The van der Waals surface area contributed by atoms with E-state index in [4.69, 9.17) is 16.6 Å². The van der Waals surface area contributed by atoms with Gasteiger partial charge >= 0.3 is 0 Å². The van der Waals surface area contributed by atoms with Crippen LogP contribution in [0.3, 0.4) is 0 Å². The van der Waals surface area contributed by atoms with Crippen molar-refractivity contribution in [2.45, 2.75) is 64.3 Å². The Morgan fingerprint density at radius 3 is 2.68 bits per heavy atom. The summed E-state index contributed by atoms with van der Waals surface area (Å²) in [6.07, 6.45) is 5.12. The number of alkyl halides is 2. The number of aromatic nitrogens is 2. The highest BCUT2D eigenvalue weighted by Gasteiger charge is 2.36. The minimum atomic E-state index is -2.70. The molecule has 1 saturated heterocycles. The van der Waals surface area contributed by atoms with Crippen LogP contribution < -0.4 is 22.0 Å². The van der Waals surface area contributed by atoms with Crippen molar-refractivity contribution in [1.82, 2.24) is 14.6 Å². The fourth-order valence-corrected chi connectivity index (χ4v) is 4.69. The molecule has 2 aromatic rings. The van der Waals surface area contributed by atoms with Gasteiger partial charge in [-0.3, -0.25) is 4.79 Å². The molecule has 9 heteroatoms. The number of rotatable bonds is 7. The van der Waals surface area contributed by atoms with Crippen LogP contribution in [-0.4, -0.2) is 40.6 Å². The molecule has 0 aromatic carbocycles. The van der Waals surface area contributed by atoms with Crippen LogP contribution in [0.1, 0.15) is 61.0 Å². The largest absolute Gasteiger partial charge is 0.395 e. The summed E-state index contributed by atoms with van der Waals surface area (Å²) >= 11 is 0. The van der Waals surface area contributed by atoms with Crippen molar-refractivity contribution in [3.8, 4) is 0 Å². The molecule has 1 aliphatic carbocycles. The molecule has 2 fully saturated rings. The van der Waals surface area contributed by atoms with Gasteiger partial charge in [0.15, 0.2) is 0 Å². The second-order valence-electron chi connectivity index (χ2n) is 9.52. The van der Waals surface area contributed by atoms with E-state index in [0.29, 0.717) is 53.8 Å². The number of anilines is 1. The highest BCUT2D eigenvalue weighted by atomic mass is 19.3. The SMILES string of the molecule is CCc1nc(/C(N)=C(\Cn2cc(C3CC3)c(C)cc2=O)N(C)N)ccc1N1CCCC(F)(F)C1. The Hall–Kier alpha value is -2.94. The van der Waals surface area contributed by atoms with Crippen molar-refractivity contribution in [2.75, 3.05) is 25.0 Å². The Morgan fingerprint density at radius 2 is 2.06 bits per heavy atom. The van der Waals surface area contributed by atoms with Crippen molar-refractivity contribution >= 4 is 11.4 Å². The summed E-state index contributed by atoms with van der Waals surface area (Å²) in [5.41, 5.74) is 11.5. The Balaban J connectivity index is 1.68. The number of aryl methyl sites for hydroxylation is 2. The number of hydrazine groups is 1. The summed E-state index contributed by atoms with van der Waals surface area (Å²) in [5.74, 6) is 3.93. The minimum absolute atomic E-state index is 0.0841. The molecule has 1 aliphatic heterocycles. The van der Waals surface area contributed by atoms with Crippen LogP contribution in [0.2, 0.25) is 0 Å². The van der Waals surface area contributed by atoms with Crippen molar-refractivity contribution in [1.29, 1.82) is 0 Å². The monoisotopic (exact) mass is 472 g/mol. The summed E-state index contributed by atoms with van der Waals surface area (Å²) in [4.78, 5) is 19.1. The second kappa shape index (κ2) is 9.37. The quantitative estimate of drug-likeness (QED) is 0.474. The number of hydrogen-bond acceptors (Lipinski definition) is 6. The third kappa shape index (κ3) is 5.09. The van der Waals surface area contributed by atoms with Crippen LogP contribution in [0.4, 0.5) is 14.5 Å². The zero-order valence-corrected chi connectivity index (χ0v) is 20.2. The molecule has 184 valence electrons. The first-order valence-corrected chi connectivity index (χ1v) is 11.9. The maximum absolute atomic E-state index is 14.0. The molecule has 34 heavy (non-hydrogen) atoms. The zero-order valence-electron chi connectivity index (χ0n) is 20.2. The third-order valence-electron chi connectivity index (χ3n) is 6.74. The van der Waals surface area contributed by atoms with Gasteiger partial charge in [-0.25, -0.2) is 19.6 Å². The number of piperidine rings is 1. The van der Waals surface area contributed by atoms with Gasteiger partial charge in [-0.1, -0.05) is 6.92 Å². The van der Waals surface area contributed by atoms with Crippen LogP contribution in [0.25, 0.3) is 5.70 Å². The number of likely N-dealkylation sites (N-methyl/N-ethyl adjacent to an activating group) is 1. The van der Waals surface area contributed by atoms with Crippen molar-refractivity contribution in [3.63, 3.8) is 0 Å². The molecule has 4 rings (SSSR count). The van der Waals surface area contributed by atoms with Gasteiger partial charge in [0.1, 0.15) is 0 Å². The predicted molar refractivity (Wildman–Crippen MR) is 130 cm³/mol. The number of allylic oxidation sites excluding steroid dienone is 1. The summed E-state index contributed by atoms with van der Waals surface area (Å²) in [6, 6.07) is 5.22. The van der Waals surface area contributed by atoms with Gasteiger partial charge in [-0.05, 0) is 61.8 Å². The van der Waals surface area contributed by atoms with Crippen LogP contribution in [0.15, 0.2) is 34.9 Å². The number of halogens is 2. The average molecular weight is 473 g/mol. The molecule has 7 nitrogen and oxygen atoms in total. The average Bonchev–Trinajstić information content (AvgIpc) is 3.62. The van der Waals surface area contributed by atoms with E-state index in [2.05, 4.69) is 0 Å². The Bertz CT molecular complexity index is 1150. The fraction of sp³-hybridized carbons (Fsp3) is 0.520. The molecule has 0 amide bonds. The lowest BCUT2D eigenvalue weighted by Crippen LogP contribution is -2.43. The van der Waals surface area contributed by atoms with E-state index in [1.807, 2.05) is 26.1 Å². The fourth-order valence-electron chi connectivity index (χ4n) is 4.69. The van der Waals surface area contributed by atoms with E-state index < -0.39 is 5.92 Å². The van der Waals surface area contributed by atoms with Gasteiger partial charge < -0.3 is 20.2 Å². The van der Waals surface area contributed by atoms with Gasteiger partial charge in [-0.2, -0.15) is 0 Å². The third-order valence-corrected chi connectivity index (χ3v) is 6.74. The topological polar surface area (TPSA) is 93.4 Å². The molecular weight excluding hydrogens is 438 g/mol. The van der Waals surface area contributed by atoms with E-state index in [1.54, 1.807) is 28.6 Å². The minimum Gasteiger partial charge on any atom is -0.395 e. The molecule has 0 bridgehead atoms. The van der Waals surface area contributed by atoms with E-state index >= 15 is 0 Å². The molecule has 2 aromatic heterocycles. The molecule has 2 aliphatic rings. The molecule has 4 N–H and O–H groups in total. The van der Waals surface area contributed by atoms with Gasteiger partial charge in [0.05, 0.1) is 41.6 Å². The van der Waals surface area contributed by atoms with E-state index in [-0.39, 0.29) is 25.1 Å². The van der Waals surface area contributed by atoms with Gasteiger partial charge in [0.25, 0.3) is 11.5 Å². The maximum atomic E-state index is 14.0. The smallest absolute Gasteiger partial charge is 0.265 e. The first-order chi connectivity index (χ1) is 16.1. The van der Waals surface area contributed by atoms with E-state index in [1.165, 1.54) is 10.6 Å². The first-order valence-electron chi connectivity index (χ1n) is 11.9. The molecule has 0 radical (unpaired) electrons. The van der Waals surface area contributed by atoms with Crippen LogP contribution in [0.5, 0.6) is 0 Å². The molecule has 0 unspecified atom stereocenters. The van der Waals surface area contributed by atoms with Gasteiger partial charge in [-0.15, -0.1) is 0 Å². The maximum Gasteiger partial charge on any atom is 0.265 e. The normalized spacial score (nSPS) is 18.6. The standard InChI is InChI=1S/C25H34F2N6O/c1-4-19-21(32-11-5-10-25(26,27)15-32)9-8-20(30-19)24(28)22(31(3)29)14-33-13-18(17-6-7-17)16(2)12-23(33)34/h8-9,12-13,17H,4-7,10-11,14-15,28-29H2,1-3H3/b24-22-. The van der Waals surface area contributed by atoms with Gasteiger partial charge in [0, 0.05) is 32.3 Å². The summed E-state index contributed by atoms with van der Waals surface area (Å²) in [6.45, 7) is 4.39. The molecular formula is C25H34F2N6O. The lowest BCUT2D eigenvalue weighted by Gasteiger charge is -2.35. The molecule has 0 spiro atoms. The Morgan fingerprint density at radius 1 is 1.32 bits per heavy atom. The highest BCUT2D eigenvalue weighted by molar-refractivity contribution is 5.65. The Labute approximate surface area is 199 Å².